The summed E-state index contributed by atoms with van der Waals surface area (Å²) in [5.41, 5.74) is 0.799. The third kappa shape index (κ3) is 5.05. The molecule has 2 fully saturated rings. The minimum atomic E-state index is -0.447. The zero-order valence-electron chi connectivity index (χ0n) is 15.6. The van der Waals surface area contributed by atoms with Gasteiger partial charge in [-0.2, -0.15) is 0 Å². The van der Waals surface area contributed by atoms with Crippen LogP contribution in [-0.4, -0.2) is 52.7 Å². The summed E-state index contributed by atoms with van der Waals surface area (Å²) < 4.78 is 0. The molecule has 2 aliphatic heterocycles. The lowest BCUT2D eigenvalue weighted by atomic mass is 9.94. The van der Waals surface area contributed by atoms with E-state index in [2.05, 4.69) is 0 Å². The molecule has 27 heavy (non-hydrogen) atoms. The van der Waals surface area contributed by atoms with E-state index >= 15 is 0 Å². The van der Waals surface area contributed by atoms with E-state index in [-0.39, 0.29) is 29.8 Å². The Labute approximate surface area is 159 Å². The first-order valence-electron chi connectivity index (χ1n) is 9.84. The largest absolute Gasteiger partial charge is 0.342 e. The maximum atomic E-state index is 12.7. The Morgan fingerprint density at radius 1 is 0.926 bits per heavy atom. The van der Waals surface area contributed by atoms with E-state index in [0.29, 0.717) is 13.1 Å². The van der Waals surface area contributed by atoms with E-state index in [4.69, 9.17) is 0 Å². The standard InChI is InChI=1S/C20H27N3O4/c24-19(15-16-5-7-18(8-6-16)23(26)27)21-13-9-17(10-14-21)20(25)22-11-3-1-2-4-12-22/h5-8,17H,1-4,9-15H2. The molecule has 0 bridgehead atoms. The number of likely N-dealkylation sites (tertiary alicyclic amines) is 2. The van der Waals surface area contributed by atoms with E-state index in [0.717, 1.165) is 44.3 Å². The molecule has 146 valence electrons. The van der Waals surface area contributed by atoms with E-state index < -0.39 is 4.92 Å². The Hall–Kier alpha value is -2.44. The summed E-state index contributed by atoms with van der Waals surface area (Å²) >= 11 is 0. The second-order valence-corrected chi connectivity index (χ2v) is 7.49. The monoisotopic (exact) mass is 373 g/mol. The van der Waals surface area contributed by atoms with Crippen LogP contribution in [-0.2, 0) is 16.0 Å². The lowest BCUT2D eigenvalue weighted by Crippen LogP contribution is -2.45. The lowest BCUT2D eigenvalue weighted by molar-refractivity contribution is -0.384. The van der Waals surface area contributed by atoms with Crippen molar-refractivity contribution in [3.8, 4) is 0 Å². The van der Waals surface area contributed by atoms with Crippen LogP contribution in [0.5, 0.6) is 0 Å². The zero-order chi connectivity index (χ0) is 19.2. The summed E-state index contributed by atoms with van der Waals surface area (Å²) in [4.78, 5) is 39.3. The van der Waals surface area contributed by atoms with Crippen molar-refractivity contribution in [1.29, 1.82) is 0 Å². The molecule has 0 aliphatic carbocycles. The average molecular weight is 373 g/mol. The molecule has 7 heteroatoms. The molecule has 1 aromatic rings. The number of carbonyl (C=O) groups excluding carboxylic acids is 2. The molecule has 3 rings (SSSR count). The Morgan fingerprint density at radius 2 is 1.52 bits per heavy atom. The van der Waals surface area contributed by atoms with Gasteiger partial charge in [-0.05, 0) is 31.2 Å². The number of nitrogens with zero attached hydrogens (tertiary/aromatic N) is 3. The van der Waals surface area contributed by atoms with Gasteiger partial charge in [-0.3, -0.25) is 19.7 Å². The highest BCUT2D eigenvalue weighted by atomic mass is 16.6. The van der Waals surface area contributed by atoms with Crippen molar-refractivity contribution in [1.82, 2.24) is 9.80 Å². The van der Waals surface area contributed by atoms with Crippen LogP contribution in [0.15, 0.2) is 24.3 Å². The van der Waals surface area contributed by atoms with Crippen molar-refractivity contribution in [3.63, 3.8) is 0 Å². The van der Waals surface area contributed by atoms with E-state index in [1.54, 1.807) is 12.1 Å². The van der Waals surface area contributed by atoms with Crippen LogP contribution in [0.25, 0.3) is 0 Å². The number of nitro benzene ring substituents is 1. The van der Waals surface area contributed by atoms with Gasteiger partial charge in [0.1, 0.15) is 0 Å². The second kappa shape index (κ2) is 8.97. The summed E-state index contributed by atoms with van der Waals surface area (Å²) in [7, 11) is 0. The fourth-order valence-electron chi connectivity index (χ4n) is 3.95. The van der Waals surface area contributed by atoms with E-state index in [1.165, 1.54) is 25.0 Å². The first-order valence-corrected chi connectivity index (χ1v) is 9.84. The van der Waals surface area contributed by atoms with Gasteiger partial charge < -0.3 is 9.80 Å². The van der Waals surface area contributed by atoms with Crippen LogP contribution < -0.4 is 0 Å². The normalized spacial score (nSPS) is 18.8. The van der Waals surface area contributed by atoms with Gasteiger partial charge in [0.25, 0.3) is 5.69 Å². The molecule has 2 aliphatic rings. The van der Waals surface area contributed by atoms with Crippen LogP contribution in [0.1, 0.15) is 44.1 Å². The summed E-state index contributed by atoms with van der Waals surface area (Å²) in [5.74, 6) is 0.315. The van der Waals surface area contributed by atoms with Gasteiger partial charge in [-0.25, -0.2) is 0 Å². The number of amides is 2. The molecular weight excluding hydrogens is 346 g/mol. The maximum absolute atomic E-state index is 12.7. The first kappa shape index (κ1) is 19.3. The zero-order valence-corrected chi connectivity index (χ0v) is 15.6. The van der Waals surface area contributed by atoms with Crippen LogP contribution in [0.4, 0.5) is 5.69 Å². The van der Waals surface area contributed by atoms with Gasteiger partial charge in [0.2, 0.25) is 11.8 Å². The molecule has 0 aromatic heterocycles. The fourth-order valence-corrected chi connectivity index (χ4v) is 3.95. The average Bonchev–Trinajstić information content (AvgIpc) is 2.97. The molecule has 1 aromatic carbocycles. The second-order valence-electron chi connectivity index (χ2n) is 7.49. The number of nitro groups is 1. The molecular formula is C20H27N3O4. The highest BCUT2D eigenvalue weighted by Crippen LogP contribution is 2.22. The number of hydrogen-bond donors (Lipinski definition) is 0. The number of piperidine rings is 1. The topological polar surface area (TPSA) is 83.8 Å². The molecule has 0 atom stereocenters. The molecule has 0 spiro atoms. The molecule has 0 unspecified atom stereocenters. The highest BCUT2D eigenvalue weighted by Gasteiger charge is 2.30. The fraction of sp³-hybridized carbons (Fsp3) is 0.600. The van der Waals surface area contributed by atoms with Crippen molar-refractivity contribution >= 4 is 17.5 Å². The summed E-state index contributed by atoms with van der Waals surface area (Å²) in [6, 6.07) is 6.11. The molecule has 2 amide bonds. The van der Waals surface area contributed by atoms with Gasteiger partial charge in [0, 0.05) is 44.2 Å². The summed E-state index contributed by atoms with van der Waals surface area (Å²) in [5, 5.41) is 10.7. The number of hydrogen-bond acceptors (Lipinski definition) is 4. The maximum Gasteiger partial charge on any atom is 0.269 e. The third-order valence-corrected chi connectivity index (χ3v) is 5.62. The van der Waals surface area contributed by atoms with Crippen molar-refractivity contribution in [2.24, 2.45) is 5.92 Å². The van der Waals surface area contributed by atoms with Crippen LogP contribution in [0.3, 0.4) is 0 Å². The number of benzene rings is 1. The molecule has 0 radical (unpaired) electrons. The quantitative estimate of drug-likeness (QED) is 0.600. The van der Waals surface area contributed by atoms with Gasteiger partial charge in [-0.15, -0.1) is 0 Å². The van der Waals surface area contributed by atoms with Crippen molar-refractivity contribution < 1.29 is 14.5 Å². The van der Waals surface area contributed by atoms with Crippen LogP contribution in [0, 0.1) is 16.0 Å². The van der Waals surface area contributed by atoms with Crippen LogP contribution in [0.2, 0.25) is 0 Å². The molecule has 0 saturated carbocycles. The Balaban J connectivity index is 1.48. The number of carbonyl (C=O) groups is 2. The third-order valence-electron chi connectivity index (χ3n) is 5.62. The Bertz CT molecular complexity index is 673. The van der Waals surface area contributed by atoms with Crippen molar-refractivity contribution in [2.45, 2.75) is 44.9 Å². The first-order chi connectivity index (χ1) is 13.0. The molecule has 2 saturated heterocycles. The van der Waals surface area contributed by atoms with E-state index in [1.807, 2.05) is 9.80 Å². The minimum absolute atomic E-state index is 0.0181. The van der Waals surface area contributed by atoms with Gasteiger partial charge in [0.15, 0.2) is 0 Å². The Kier molecular flexibility index (Phi) is 6.42. The Morgan fingerprint density at radius 3 is 2.07 bits per heavy atom. The minimum Gasteiger partial charge on any atom is -0.342 e. The van der Waals surface area contributed by atoms with Gasteiger partial charge >= 0.3 is 0 Å². The molecule has 7 nitrogen and oxygen atoms in total. The van der Waals surface area contributed by atoms with E-state index in [9.17, 15) is 19.7 Å². The summed E-state index contributed by atoms with van der Waals surface area (Å²) in [6.45, 7) is 2.96. The summed E-state index contributed by atoms with van der Waals surface area (Å²) in [6.07, 6.45) is 6.29. The van der Waals surface area contributed by atoms with Gasteiger partial charge in [0.05, 0.1) is 11.3 Å². The lowest BCUT2D eigenvalue weighted by Gasteiger charge is -2.34. The SMILES string of the molecule is O=C(Cc1ccc([N+](=O)[O-])cc1)N1CCC(C(=O)N2CCCCCC2)CC1. The van der Waals surface area contributed by atoms with Crippen molar-refractivity contribution in [3.05, 3.63) is 39.9 Å². The number of rotatable bonds is 4. The predicted molar refractivity (Wildman–Crippen MR) is 101 cm³/mol. The van der Waals surface area contributed by atoms with Gasteiger partial charge in [-0.1, -0.05) is 25.0 Å². The van der Waals surface area contributed by atoms with Crippen LogP contribution >= 0.6 is 0 Å². The molecule has 0 N–H and O–H groups in total. The predicted octanol–water partition coefficient (Wildman–Crippen LogP) is 2.78. The van der Waals surface area contributed by atoms with Crippen molar-refractivity contribution in [2.75, 3.05) is 26.2 Å². The highest BCUT2D eigenvalue weighted by molar-refractivity contribution is 5.81. The smallest absolute Gasteiger partial charge is 0.269 e. The molecule has 2 heterocycles. The number of non-ortho nitro benzene ring substituents is 1.